The molecule has 0 fully saturated rings. The van der Waals surface area contributed by atoms with Crippen molar-refractivity contribution in [2.24, 2.45) is 0 Å². The van der Waals surface area contributed by atoms with Crippen molar-refractivity contribution in [3.05, 3.63) is 0 Å². The van der Waals surface area contributed by atoms with E-state index >= 15 is 0 Å². The molecule has 0 aromatic carbocycles. The van der Waals surface area contributed by atoms with E-state index in [-0.39, 0.29) is 11.4 Å². The summed E-state index contributed by atoms with van der Waals surface area (Å²) in [4.78, 5) is 0. The Kier molecular flexibility index (Phi) is 6.40. The third-order valence-corrected chi connectivity index (χ3v) is 3.36. The Morgan fingerprint density at radius 3 is 2.33 bits per heavy atom. The molecule has 0 saturated heterocycles. The van der Waals surface area contributed by atoms with Gasteiger partial charge >= 0.3 is 0 Å². The van der Waals surface area contributed by atoms with E-state index in [1.807, 2.05) is 13.8 Å². The molecule has 0 amide bonds. The summed E-state index contributed by atoms with van der Waals surface area (Å²) in [7, 11) is -1.11. The van der Waals surface area contributed by atoms with E-state index in [0.717, 1.165) is 19.5 Å². The fraction of sp³-hybridized carbons (Fsp3) is 1.00. The van der Waals surface area contributed by atoms with Crippen LogP contribution in [0.3, 0.4) is 0 Å². The van der Waals surface area contributed by atoms with E-state index in [4.69, 9.17) is 4.74 Å². The van der Waals surface area contributed by atoms with Crippen LogP contribution in [0.15, 0.2) is 0 Å². The Bertz CT molecular complexity index is 260. The number of sulfone groups is 1. The summed E-state index contributed by atoms with van der Waals surface area (Å²) in [5.41, 5.74) is -0.107. The van der Waals surface area contributed by atoms with Gasteiger partial charge in [0.25, 0.3) is 0 Å². The van der Waals surface area contributed by atoms with Crippen molar-refractivity contribution in [1.29, 1.82) is 0 Å². The number of hydrogen-bond donors (Lipinski definition) is 1. The van der Waals surface area contributed by atoms with Gasteiger partial charge in [0, 0.05) is 13.4 Å². The van der Waals surface area contributed by atoms with Gasteiger partial charge in [0.1, 0.15) is 9.84 Å². The molecule has 1 N–H and O–H groups in total. The SMILES string of the molecule is COC(C)(C)CCNCCCS(C)(=O)=O. The molecule has 5 heteroatoms. The second-order valence-electron chi connectivity index (χ2n) is 4.45. The number of ether oxygens (including phenoxy) is 1. The number of hydrogen-bond acceptors (Lipinski definition) is 4. The molecule has 0 atom stereocenters. The third-order valence-electron chi connectivity index (χ3n) is 2.33. The molecule has 0 bridgehead atoms. The second kappa shape index (κ2) is 6.45. The summed E-state index contributed by atoms with van der Waals surface area (Å²) in [5, 5.41) is 3.20. The molecule has 0 rings (SSSR count). The highest BCUT2D eigenvalue weighted by Crippen LogP contribution is 2.11. The van der Waals surface area contributed by atoms with Crippen LogP contribution in [0, 0.1) is 0 Å². The highest BCUT2D eigenvalue weighted by atomic mass is 32.2. The monoisotopic (exact) mass is 237 g/mol. The lowest BCUT2D eigenvalue weighted by Crippen LogP contribution is -2.29. The van der Waals surface area contributed by atoms with Gasteiger partial charge in [-0.05, 0) is 39.8 Å². The van der Waals surface area contributed by atoms with Crippen LogP contribution in [-0.2, 0) is 14.6 Å². The van der Waals surface area contributed by atoms with Gasteiger partial charge in [0.15, 0.2) is 0 Å². The zero-order chi connectivity index (χ0) is 11.9. The minimum Gasteiger partial charge on any atom is -0.379 e. The fourth-order valence-electron chi connectivity index (χ4n) is 1.08. The molecule has 15 heavy (non-hydrogen) atoms. The Morgan fingerprint density at radius 2 is 1.87 bits per heavy atom. The number of methoxy groups -OCH3 is 1. The summed E-state index contributed by atoms with van der Waals surface area (Å²) in [6.45, 7) is 5.66. The molecule has 0 aliphatic heterocycles. The predicted octanol–water partition coefficient (Wildman–Crippen LogP) is 0.826. The first-order chi connectivity index (χ1) is 6.77. The van der Waals surface area contributed by atoms with E-state index < -0.39 is 9.84 Å². The molecule has 0 radical (unpaired) electrons. The molecule has 0 aromatic heterocycles. The van der Waals surface area contributed by atoms with Crippen molar-refractivity contribution in [3.63, 3.8) is 0 Å². The Morgan fingerprint density at radius 1 is 1.27 bits per heavy atom. The molecular formula is C10H23NO3S. The summed E-state index contributed by atoms with van der Waals surface area (Å²) < 4.78 is 26.9. The van der Waals surface area contributed by atoms with Crippen molar-refractivity contribution in [2.45, 2.75) is 32.3 Å². The lowest BCUT2D eigenvalue weighted by molar-refractivity contribution is 0.0159. The molecule has 0 heterocycles. The Labute approximate surface area is 93.3 Å². The molecular weight excluding hydrogens is 214 g/mol. The summed E-state index contributed by atoms with van der Waals surface area (Å²) in [6, 6.07) is 0. The van der Waals surface area contributed by atoms with E-state index in [2.05, 4.69) is 5.32 Å². The van der Waals surface area contributed by atoms with Gasteiger partial charge in [-0.2, -0.15) is 0 Å². The van der Waals surface area contributed by atoms with Crippen LogP contribution in [0.4, 0.5) is 0 Å². The normalized spacial score (nSPS) is 13.1. The molecule has 92 valence electrons. The predicted molar refractivity (Wildman–Crippen MR) is 62.9 cm³/mol. The quantitative estimate of drug-likeness (QED) is 0.635. The minimum absolute atomic E-state index is 0.107. The van der Waals surface area contributed by atoms with Crippen molar-refractivity contribution in [3.8, 4) is 0 Å². The summed E-state index contributed by atoms with van der Waals surface area (Å²) in [6.07, 6.45) is 2.86. The molecule has 4 nitrogen and oxygen atoms in total. The van der Waals surface area contributed by atoms with Crippen LogP contribution < -0.4 is 5.32 Å². The van der Waals surface area contributed by atoms with Crippen molar-refractivity contribution in [2.75, 3.05) is 32.2 Å². The molecule has 0 saturated carbocycles. The van der Waals surface area contributed by atoms with E-state index in [1.165, 1.54) is 6.26 Å². The fourth-order valence-corrected chi connectivity index (χ4v) is 1.74. The van der Waals surface area contributed by atoms with Gasteiger partial charge in [-0.15, -0.1) is 0 Å². The highest BCUT2D eigenvalue weighted by molar-refractivity contribution is 7.90. The largest absolute Gasteiger partial charge is 0.379 e. The van der Waals surface area contributed by atoms with Gasteiger partial charge in [-0.25, -0.2) is 8.42 Å². The maximum Gasteiger partial charge on any atom is 0.147 e. The lowest BCUT2D eigenvalue weighted by Gasteiger charge is -2.22. The first kappa shape index (κ1) is 14.9. The number of rotatable bonds is 8. The van der Waals surface area contributed by atoms with Gasteiger partial charge in [-0.1, -0.05) is 0 Å². The van der Waals surface area contributed by atoms with Crippen LogP contribution in [0.25, 0.3) is 0 Å². The first-order valence-corrected chi connectivity index (χ1v) is 7.26. The van der Waals surface area contributed by atoms with Crippen molar-refractivity contribution >= 4 is 9.84 Å². The molecule has 0 aromatic rings. The average Bonchev–Trinajstić information content (AvgIpc) is 2.09. The van der Waals surface area contributed by atoms with Crippen molar-refractivity contribution < 1.29 is 13.2 Å². The van der Waals surface area contributed by atoms with Crippen LogP contribution in [-0.4, -0.2) is 46.2 Å². The van der Waals surface area contributed by atoms with Crippen LogP contribution >= 0.6 is 0 Å². The first-order valence-electron chi connectivity index (χ1n) is 5.20. The smallest absolute Gasteiger partial charge is 0.147 e. The maximum absolute atomic E-state index is 10.8. The Hall–Kier alpha value is -0.130. The van der Waals surface area contributed by atoms with Gasteiger partial charge in [-0.3, -0.25) is 0 Å². The minimum atomic E-state index is -2.81. The highest BCUT2D eigenvalue weighted by Gasteiger charge is 2.14. The van der Waals surface area contributed by atoms with Gasteiger partial charge in [0.2, 0.25) is 0 Å². The van der Waals surface area contributed by atoms with Crippen LogP contribution in [0.5, 0.6) is 0 Å². The van der Waals surface area contributed by atoms with Crippen molar-refractivity contribution in [1.82, 2.24) is 5.32 Å². The summed E-state index contributed by atoms with van der Waals surface area (Å²) >= 11 is 0. The molecule has 0 aliphatic rings. The van der Waals surface area contributed by atoms with Crippen LogP contribution in [0.1, 0.15) is 26.7 Å². The number of nitrogens with one attached hydrogen (secondary N) is 1. The maximum atomic E-state index is 10.8. The molecule has 0 unspecified atom stereocenters. The summed E-state index contributed by atoms with van der Waals surface area (Å²) in [5.74, 6) is 0.258. The van der Waals surface area contributed by atoms with E-state index in [1.54, 1.807) is 7.11 Å². The average molecular weight is 237 g/mol. The van der Waals surface area contributed by atoms with Crippen LogP contribution in [0.2, 0.25) is 0 Å². The lowest BCUT2D eigenvalue weighted by atomic mass is 10.1. The molecule has 0 spiro atoms. The van der Waals surface area contributed by atoms with Gasteiger partial charge < -0.3 is 10.1 Å². The Balaban J connectivity index is 3.41. The van der Waals surface area contributed by atoms with E-state index in [9.17, 15) is 8.42 Å². The molecule has 0 aliphatic carbocycles. The third kappa shape index (κ3) is 10.2. The van der Waals surface area contributed by atoms with Gasteiger partial charge in [0.05, 0.1) is 11.4 Å². The zero-order valence-corrected chi connectivity index (χ0v) is 11.0. The zero-order valence-electron chi connectivity index (χ0n) is 10.2. The topological polar surface area (TPSA) is 55.4 Å². The second-order valence-corrected chi connectivity index (χ2v) is 6.71. The standard InChI is InChI=1S/C10H23NO3S/c1-10(2,14-3)6-8-11-7-5-9-15(4,12)13/h11H,5-9H2,1-4H3. The van der Waals surface area contributed by atoms with E-state index in [0.29, 0.717) is 6.42 Å².